The molecule has 0 bridgehead atoms. The van der Waals surface area contributed by atoms with Crippen molar-refractivity contribution in [3.63, 3.8) is 0 Å². The van der Waals surface area contributed by atoms with Crippen LogP contribution in [0, 0.1) is 5.82 Å². The second-order valence-corrected chi connectivity index (χ2v) is 5.98. The van der Waals surface area contributed by atoms with Gasteiger partial charge in [0, 0.05) is 12.2 Å². The number of benzene rings is 3. The number of para-hydroxylation sites is 1. The highest BCUT2D eigenvalue weighted by atomic mass is 19.1. The molecule has 0 aliphatic heterocycles. The molecule has 2 N–H and O–H groups in total. The van der Waals surface area contributed by atoms with Crippen molar-refractivity contribution in [3.05, 3.63) is 90.2 Å². The average molecular weight is 364 g/mol. The molecule has 0 fully saturated rings. The smallest absolute Gasteiger partial charge is 0.239 e. The minimum Gasteiger partial charge on any atom is -0.457 e. The number of nitrogens with one attached hydrogen (secondary N) is 2. The largest absolute Gasteiger partial charge is 0.457 e. The van der Waals surface area contributed by atoms with Gasteiger partial charge in [0.1, 0.15) is 17.3 Å². The number of rotatable bonds is 8. The third-order valence-electron chi connectivity index (χ3n) is 3.96. The Labute approximate surface area is 158 Å². The number of anilines is 1. The van der Waals surface area contributed by atoms with Crippen LogP contribution in [0.5, 0.6) is 11.5 Å². The van der Waals surface area contributed by atoms with Crippen molar-refractivity contribution in [2.45, 2.75) is 6.42 Å². The molecule has 0 atom stereocenters. The van der Waals surface area contributed by atoms with Crippen molar-refractivity contribution in [1.29, 1.82) is 0 Å². The molecule has 0 heterocycles. The highest BCUT2D eigenvalue weighted by molar-refractivity contribution is 5.80. The van der Waals surface area contributed by atoms with E-state index in [1.165, 1.54) is 6.07 Å². The van der Waals surface area contributed by atoms with Crippen molar-refractivity contribution in [2.75, 3.05) is 18.4 Å². The topological polar surface area (TPSA) is 50.4 Å². The number of carbonyl (C=O) groups is 1. The minimum absolute atomic E-state index is 0.143. The van der Waals surface area contributed by atoms with Crippen LogP contribution in [0.1, 0.15) is 5.56 Å². The van der Waals surface area contributed by atoms with E-state index >= 15 is 0 Å². The predicted octanol–water partition coefficient (Wildman–Crippen LogP) is 4.39. The quantitative estimate of drug-likeness (QED) is 0.623. The lowest BCUT2D eigenvalue weighted by Crippen LogP contribution is -2.31. The number of hydrogen-bond donors (Lipinski definition) is 2. The lowest BCUT2D eigenvalue weighted by atomic mass is 10.1. The fourth-order valence-corrected chi connectivity index (χ4v) is 2.55. The number of hydrogen-bond acceptors (Lipinski definition) is 3. The molecule has 4 nitrogen and oxygen atoms in total. The zero-order valence-electron chi connectivity index (χ0n) is 14.8. The Hall–Kier alpha value is -3.34. The van der Waals surface area contributed by atoms with Gasteiger partial charge in [-0.2, -0.15) is 0 Å². The first kappa shape index (κ1) is 18.5. The lowest BCUT2D eigenvalue weighted by Gasteiger charge is -2.09. The third-order valence-corrected chi connectivity index (χ3v) is 3.96. The summed E-state index contributed by atoms with van der Waals surface area (Å²) in [5.74, 6) is 1.10. The zero-order chi connectivity index (χ0) is 18.9. The molecule has 0 saturated carbocycles. The van der Waals surface area contributed by atoms with Crippen LogP contribution in [0.3, 0.4) is 0 Å². The van der Waals surface area contributed by atoms with E-state index in [-0.39, 0.29) is 18.3 Å². The number of carbonyl (C=O) groups excluding carboxylic acids is 1. The zero-order valence-corrected chi connectivity index (χ0v) is 14.8. The third kappa shape index (κ3) is 5.85. The lowest BCUT2D eigenvalue weighted by molar-refractivity contribution is -0.119. The first-order valence-corrected chi connectivity index (χ1v) is 8.77. The van der Waals surface area contributed by atoms with E-state index in [0.717, 1.165) is 17.2 Å². The molecule has 0 aliphatic rings. The summed E-state index contributed by atoms with van der Waals surface area (Å²) in [6.07, 6.45) is 0.462. The van der Waals surface area contributed by atoms with E-state index in [0.29, 0.717) is 18.5 Å². The molecule has 0 aliphatic carbocycles. The van der Waals surface area contributed by atoms with Gasteiger partial charge in [-0.3, -0.25) is 4.79 Å². The summed E-state index contributed by atoms with van der Waals surface area (Å²) in [5.41, 5.74) is 1.42. The molecule has 0 saturated heterocycles. The fraction of sp³-hybridized carbons (Fsp3) is 0.136. The summed E-state index contributed by atoms with van der Waals surface area (Å²) in [5, 5.41) is 5.83. The van der Waals surface area contributed by atoms with Gasteiger partial charge in [0.15, 0.2) is 0 Å². The van der Waals surface area contributed by atoms with Crippen molar-refractivity contribution in [1.82, 2.24) is 5.32 Å². The van der Waals surface area contributed by atoms with Gasteiger partial charge in [-0.05, 0) is 54.4 Å². The summed E-state index contributed by atoms with van der Waals surface area (Å²) in [6.45, 7) is 0.543. The molecule has 5 heteroatoms. The molecule has 138 valence electrons. The maximum Gasteiger partial charge on any atom is 0.239 e. The highest BCUT2D eigenvalue weighted by Gasteiger charge is 2.04. The standard InChI is InChI=1S/C22H21FN2O2/c23-21-9-5-4-6-17(21)14-15-24-22(26)16-25-18-10-12-20(13-11-18)27-19-7-2-1-3-8-19/h1-13,25H,14-16H2,(H,24,26). The van der Waals surface area contributed by atoms with Crippen molar-refractivity contribution in [2.24, 2.45) is 0 Å². The van der Waals surface area contributed by atoms with Gasteiger partial charge in [0.2, 0.25) is 5.91 Å². The molecule has 0 aromatic heterocycles. The second-order valence-electron chi connectivity index (χ2n) is 5.98. The van der Waals surface area contributed by atoms with E-state index < -0.39 is 0 Å². The molecule has 3 aromatic carbocycles. The van der Waals surface area contributed by atoms with Crippen LogP contribution in [0.2, 0.25) is 0 Å². The van der Waals surface area contributed by atoms with Crippen LogP contribution < -0.4 is 15.4 Å². The molecule has 0 unspecified atom stereocenters. The second kappa shape index (κ2) is 9.38. The summed E-state index contributed by atoms with van der Waals surface area (Å²) in [7, 11) is 0. The number of ether oxygens (including phenoxy) is 1. The Kier molecular flexibility index (Phi) is 6.41. The molecule has 0 spiro atoms. The first-order valence-electron chi connectivity index (χ1n) is 8.77. The minimum atomic E-state index is -0.248. The monoisotopic (exact) mass is 364 g/mol. The van der Waals surface area contributed by atoms with Gasteiger partial charge in [0.25, 0.3) is 0 Å². The summed E-state index contributed by atoms with van der Waals surface area (Å²) < 4.78 is 19.2. The number of halogens is 1. The Morgan fingerprint density at radius 1 is 0.852 bits per heavy atom. The van der Waals surface area contributed by atoms with Crippen LogP contribution in [-0.4, -0.2) is 19.0 Å². The van der Waals surface area contributed by atoms with E-state index in [1.54, 1.807) is 18.2 Å². The van der Waals surface area contributed by atoms with E-state index in [9.17, 15) is 9.18 Å². The van der Waals surface area contributed by atoms with Gasteiger partial charge in [-0.25, -0.2) is 4.39 Å². The van der Waals surface area contributed by atoms with Crippen LogP contribution in [0.25, 0.3) is 0 Å². The molecule has 27 heavy (non-hydrogen) atoms. The van der Waals surface area contributed by atoms with Gasteiger partial charge in [-0.1, -0.05) is 36.4 Å². The summed E-state index contributed by atoms with van der Waals surface area (Å²) in [6, 6.07) is 23.5. The van der Waals surface area contributed by atoms with Gasteiger partial charge < -0.3 is 15.4 Å². The van der Waals surface area contributed by atoms with Gasteiger partial charge >= 0.3 is 0 Å². The summed E-state index contributed by atoms with van der Waals surface area (Å²) >= 11 is 0. The molecular formula is C22H21FN2O2. The van der Waals surface area contributed by atoms with Crippen molar-refractivity contribution >= 4 is 11.6 Å². The van der Waals surface area contributed by atoms with E-state index in [1.807, 2.05) is 54.6 Å². The van der Waals surface area contributed by atoms with E-state index in [4.69, 9.17) is 4.74 Å². The Morgan fingerprint density at radius 3 is 2.26 bits per heavy atom. The molecule has 3 rings (SSSR count). The maximum atomic E-state index is 13.5. The normalized spacial score (nSPS) is 10.3. The van der Waals surface area contributed by atoms with E-state index in [2.05, 4.69) is 10.6 Å². The Bertz CT molecular complexity index is 867. The number of amides is 1. The molecule has 0 radical (unpaired) electrons. The van der Waals surface area contributed by atoms with Crippen molar-refractivity contribution < 1.29 is 13.9 Å². The fourth-order valence-electron chi connectivity index (χ4n) is 2.55. The van der Waals surface area contributed by atoms with Crippen LogP contribution in [-0.2, 0) is 11.2 Å². The van der Waals surface area contributed by atoms with Crippen LogP contribution in [0.4, 0.5) is 10.1 Å². The average Bonchev–Trinajstić information content (AvgIpc) is 2.70. The maximum absolute atomic E-state index is 13.5. The van der Waals surface area contributed by atoms with Gasteiger partial charge in [-0.15, -0.1) is 0 Å². The van der Waals surface area contributed by atoms with Gasteiger partial charge in [0.05, 0.1) is 6.54 Å². The van der Waals surface area contributed by atoms with Crippen molar-refractivity contribution in [3.8, 4) is 11.5 Å². The van der Waals surface area contributed by atoms with Crippen LogP contribution in [0.15, 0.2) is 78.9 Å². The van der Waals surface area contributed by atoms with Crippen LogP contribution >= 0.6 is 0 Å². The SMILES string of the molecule is O=C(CNc1ccc(Oc2ccccc2)cc1)NCCc1ccccc1F. The Balaban J connectivity index is 1.40. The summed E-state index contributed by atoms with van der Waals surface area (Å²) in [4.78, 5) is 11.9. The molecular weight excluding hydrogens is 343 g/mol. The predicted molar refractivity (Wildman–Crippen MR) is 105 cm³/mol. The molecule has 1 amide bonds. The Morgan fingerprint density at radius 2 is 1.52 bits per heavy atom. The first-order chi connectivity index (χ1) is 13.2. The highest BCUT2D eigenvalue weighted by Crippen LogP contribution is 2.22. The molecule has 3 aromatic rings.